The van der Waals surface area contributed by atoms with Crippen molar-refractivity contribution < 1.29 is 72.8 Å². The third-order valence-corrected chi connectivity index (χ3v) is 8.42. The summed E-state index contributed by atoms with van der Waals surface area (Å²) in [7, 11) is 0. The van der Waals surface area contributed by atoms with Gasteiger partial charge in [-0.05, 0) is 94.6 Å². The molecule has 3 aliphatic rings. The van der Waals surface area contributed by atoms with E-state index < -0.39 is 108 Å². The highest BCUT2D eigenvalue weighted by Gasteiger charge is 2.51. The standard InChI is InChI=1S/C37H64N5O15/c1-34(2,3)55-31(47)39-14-13-23(43)28(46)40-21-15-22(42-33(49)57-36(7,8)9)27(25(45)26(21)54-30-24(44)16-37(10,50)18-51-30)53-29-20(12-11-19(17-38)52-29)41-32(48)56-35(4,5)6/h11,16,20-27,29-30,43-45,50H,12-15,17-18,38H2,1-10H3,(H,39,47)(H,40,46)(H,41,48)(H,42,49)/t20-,21-,22+,23+,24-,25-,26+,27-,29-,30-,37-/m1/s1. The second-order valence-electron chi connectivity index (χ2n) is 17.6. The summed E-state index contributed by atoms with van der Waals surface area (Å²) in [5.74, 6) is -0.602. The largest absolute Gasteiger partial charge is 0.466 e. The number of carbonyl (C=O) groups is 4. The lowest BCUT2D eigenvalue weighted by molar-refractivity contribution is -0.286. The molecule has 0 aromatic carbocycles. The van der Waals surface area contributed by atoms with Gasteiger partial charge >= 0.3 is 18.3 Å². The molecule has 2 heterocycles. The van der Waals surface area contributed by atoms with E-state index in [4.69, 9.17) is 38.9 Å². The minimum atomic E-state index is -1.76. The number of nitrogens with two attached hydrogens (primary N) is 1. The van der Waals surface area contributed by atoms with Crippen LogP contribution in [0.3, 0.4) is 0 Å². The maximum atomic E-state index is 13.4. The number of nitrogens with one attached hydrogen (secondary N) is 4. The van der Waals surface area contributed by atoms with E-state index in [1.165, 1.54) is 13.3 Å². The molecule has 2 fully saturated rings. The molecule has 4 amide bonds. The van der Waals surface area contributed by atoms with Gasteiger partial charge in [-0.2, -0.15) is 0 Å². The Hall–Kier alpha value is -3.50. The fourth-order valence-electron chi connectivity index (χ4n) is 6.09. The van der Waals surface area contributed by atoms with Crippen LogP contribution in [0.5, 0.6) is 0 Å². The average Bonchev–Trinajstić information content (AvgIpc) is 3.03. The summed E-state index contributed by atoms with van der Waals surface area (Å²) in [5, 5.41) is 54.7. The lowest BCUT2D eigenvalue weighted by Gasteiger charge is -2.48. The molecule has 57 heavy (non-hydrogen) atoms. The fourth-order valence-corrected chi connectivity index (χ4v) is 6.09. The van der Waals surface area contributed by atoms with Gasteiger partial charge in [0.2, 0.25) is 12.2 Å². The van der Waals surface area contributed by atoms with Crippen LogP contribution in [0.4, 0.5) is 14.4 Å². The van der Waals surface area contributed by atoms with Crippen LogP contribution in [-0.4, -0.2) is 148 Å². The van der Waals surface area contributed by atoms with Crippen molar-refractivity contribution in [2.45, 2.75) is 172 Å². The minimum absolute atomic E-state index is 0.0293. The van der Waals surface area contributed by atoms with Crippen molar-refractivity contribution in [2.75, 3.05) is 19.7 Å². The van der Waals surface area contributed by atoms with Gasteiger partial charge in [0.05, 0.1) is 36.9 Å². The van der Waals surface area contributed by atoms with Crippen molar-refractivity contribution in [3.8, 4) is 0 Å². The summed E-state index contributed by atoms with van der Waals surface area (Å²) in [6.07, 6.45) is -10.4. The minimum Gasteiger partial charge on any atom is -0.466 e. The molecule has 327 valence electrons. The Labute approximate surface area is 333 Å². The average molecular weight is 819 g/mol. The normalized spacial score (nSPS) is 31.4. The van der Waals surface area contributed by atoms with E-state index in [2.05, 4.69) is 21.3 Å². The lowest BCUT2D eigenvalue weighted by atomic mass is 9.83. The van der Waals surface area contributed by atoms with E-state index in [-0.39, 0.29) is 39.0 Å². The first-order chi connectivity index (χ1) is 26.1. The van der Waals surface area contributed by atoms with Crippen molar-refractivity contribution in [1.29, 1.82) is 0 Å². The van der Waals surface area contributed by atoms with Gasteiger partial charge in [0.15, 0.2) is 6.29 Å². The van der Waals surface area contributed by atoms with Gasteiger partial charge in [0, 0.05) is 13.0 Å². The van der Waals surface area contributed by atoms with Crippen LogP contribution in [0.1, 0.15) is 88.5 Å². The van der Waals surface area contributed by atoms with Crippen molar-refractivity contribution in [3.05, 3.63) is 18.3 Å². The second-order valence-corrected chi connectivity index (χ2v) is 17.6. The predicted octanol–water partition coefficient (Wildman–Crippen LogP) is 0.330. The van der Waals surface area contributed by atoms with Gasteiger partial charge in [-0.1, -0.05) is 0 Å². The summed E-state index contributed by atoms with van der Waals surface area (Å²) >= 11 is 0. The molecule has 0 aromatic rings. The fraction of sp³-hybridized carbons (Fsp3) is 0.811. The summed E-state index contributed by atoms with van der Waals surface area (Å²) < 4.78 is 40.3. The maximum Gasteiger partial charge on any atom is 0.408 e. The van der Waals surface area contributed by atoms with E-state index in [0.717, 1.165) is 0 Å². The number of aliphatic hydroxyl groups is 4. The molecule has 1 aliphatic carbocycles. The Bertz CT molecular complexity index is 1410. The van der Waals surface area contributed by atoms with Crippen LogP contribution < -0.4 is 27.0 Å². The van der Waals surface area contributed by atoms with E-state index in [9.17, 15) is 39.6 Å². The molecular weight excluding hydrogens is 754 g/mol. The van der Waals surface area contributed by atoms with Crippen molar-refractivity contribution in [3.63, 3.8) is 0 Å². The number of ether oxygens (including phenoxy) is 7. The van der Waals surface area contributed by atoms with Crippen molar-refractivity contribution in [2.24, 2.45) is 5.73 Å². The molecule has 0 bridgehead atoms. The number of rotatable bonds is 12. The quantitative estimate of drug-likeness (QED) is 0.120. The molecule has 1 radical (unpaired) electrons. The number of carbonyl (C=O) groups excluding carboxylic acids is 4. The number of hydrogen-bond donors (Lipinski definition) is 9. The zero-order valence-corrected chi connectivity index (χ0v) is 34.5. The third-order valence-electron chi connectivity index (χ3n) is 8.42. The molecule has 0 spiro atoms. The summed E-state index contributed by atoms with van der Waals surface area (Å²) in [6.45, 7) is 16.0. The van der Waals surface area contributed by atoms with Gasteiger partial charge in [-0.3, -0.25) is 4.79 Å². The monoisotopic (exact) mass is 818 g/mol. The van der Waals surface area contributed by atoms with Crippen LogP contribution in [0.15, 0.2) is 11.8 Å². The van der Waals surface area contributed by atoms with E-state index in [1.807, 2.05) is 0 Å². The van der Waals surface area contributed by atoms with Gasteiger partial charge in [-0.15, -0.1) is 0 Å². The Morgan fingerprint density at radius 2 is 1.35 bits per heavy atom. The van der Waals surface area contributed by atoms with Crippen LogP contribution in [0.25, 0.3) is 0 Å². The molecule has 20 heteroatoms. The van der Waals surface area contributed by atoms with Crippen LogP contribution >= 0.6 is 0 Å². The molecule has 0 aromatic heterocycles. The highest BCUT2D eigenvalue weighted by atomic mass is 16.7. The Balaban J connectivity index is 1.95. The van der Waals surface area contributed by atoms with Crippen LogP contribution in [-0.2, 0) is 38.0 Å². The smallest absolute Gasteiger partial charge is 0.408 e. The van der Waals surface area contributed by atoms with Crippen LogP contribution in [0, 0.1) is 6.42 Å². The maximum absolute atomic E-state index is 13.4. The lowest BCUT2D eigenvalue weighted by Crippen LogP contribution is -2.68. The van der Waals surface area contributed by atoms with Crippen LogP contribution in [0.2, 0.25) is 0 Å². The first-order valence-electron chi connectivity index (χ1n) is 19.0. The molecule has 11 atom stereocenters. The van der Waals surface area contributed by atoms with Crippen molar-refractivity contribution >= 4 is 24.2 Å². The molecule has 20 nitrogen and oxygen atoms in total. The molecule has 1 saturated carbocycles. The number of hydrogen-bond acceptors (Lipinski definition) is 16. The third kappa shape index (κ3) is 16.0. The van der Waals surface area contributed by atoms with Gasteiger partial charge in [-0.25, -0.2) is 14.4 Å². The first kappa shape index (κ1) is 47.9. The Kier molecular flexibility index (Phi) is 16.4. The molecular formula is C37H64N5O15. The zero-order valence-electron chi connectivity index (χ0n) is 34.5. The number of aliphatic hydroxyl groups excluding tert-OH is 3. The first-order valence-corrected chi connectivity index (χ1v) is 19.0. The highest BCUT2D eigenvalue weighted by Crippen LogP contribution is 2.33. The molecule has 1 saturated heterocycles. The summed E-state index contributed by atoms with van der Waals surface area (Å²) in [5.41, 5.74) is 1.82. The van der Waals surface area contributed by atoms with Gasteiger partial charge in [0.1, 0.15) is 53.1 Å². The zero-order chi connectivity index (χ0) is 43.1. The topological polar surface area (TPSA) is 288 Å². The molecule has 0 unspecified atom stereocenters. The number of alkyl carbamates (subject to hydrolysis) is 3. The van der Waals surface area contributed by atoms with E-state index in [1.54, 1.807) is 68.4 Å². The predicted molar refractivity (Wildman–Crippen MR) is 201 cm³/mol. The second kappa shape index (κ2) is 19.5. The van der Waals surface area contributed by atoms with Crippen molar-refractivity contribution in [1.82, 2.24) is 21.3 Å². The van der Waals surface area contributed by atoms with Gasteiger partial charge in [0.25, 0.3) is 0 Å². The van der Waals surface area contributed by atoms with E-state index >= 15 is 0 Å². The molecule has 2 aliphatic heterocycles. The summed E-state index contributed by atoms with van der Waals surface area (Å²) in [6, 6.07) is -3.25. The van der Waals surface area contributed by atoms with Gasteiger partial charge < -0.3 is 80.6 Å². The number of amides is 4. The SMILES string of the molecule is CC(C)(C)OC(=O)NCC[C@H](O)C(=O)N[C@@H]1C[C@H](NC(=O)OC(C)(C)C)[C@@H](O[C@H]2OC(CN)=CC[C@H]2NC(=O)OC(C)(C)C)[C@H](O)[C@H]1O[C@H]1OC[C@](C)(O)[CH][C@H]1O. The Morgan fingerprint density at radius 3 is 1.88 bits per heavy atom. The Morgan fingerprint density at radius 1 is 0.842 bits per heavy atom. The highest BCUT2D eigenvalue weighted by molar-refractivity contribution is 5.81. The van der Waals surface area contributed by atoms with E-state index in [0.29, 0.717) is 5.76 Å². The molecule has 3 rings (SSSR count). The summed E-state index contributed by atoms with van der Waals surface area (Å²) in [4.78, 5) is 51.6. The molecule has 10 N–H and O–H groups in total.